The van der Waals surface area contributed by atoms with E-state index in [9.17, 15) is 0 Å². The summed E-state index contributed by atoms with van der Waals surface area (Å²) < 4.78 is 2.20. The Balaban J connectivity index is 0.00000176. The Morgan fingerprint density at radius 1 is 0.625 bits per heavy atom. The second kappa shape index (κ2) is 11.4. The zero-order valence-corrected chi connectivity index (χ0v) is 19.6. The van der Waals surface area contributed by atoms with E-state index in [0.29, 0.717) is 0 Å². The Labute approximate surface area is 182 Å². The summed E-state index contributed by atoms with van der Waals surface area (Å²) >= 11 is 6.93. The first-order valence-electron chi connectivity index (χ1n) is 6.98. The van der Waals surface area contributed by atoms with E-state index >= 15 is 0 Å². The van der Waals surface area contributed by atoms with Gasteiger partial charge < -0.3 is 14.9 Å². The van der Waals surface area contributed by atoms with E-state index < -0.39 is 0 Å². The van der Waals surface area contributed by atoms with Crippen molar-refractivity contribution in [2.75, 3.05) is 0 Å². The zero-order valence-electron chi connectivity index (χ0n) is 14.0. The number of hydrogen-bond acceptors (Lipinski definition) is 0. The fourth-order valence-corrected chi connectivity index (χ4v) is 2.96. The Morgan fingerprint density at radius 2 is 0.958 bits per heavy atom. The molecule has 2 aromatic rings. The topological polar surface area (TPSA) is 0 Å². The van der Waals surface area contributed by atoms with Crippen LogP contribution in [0.15, 0.2) is 68.6 Å². The monoisotopic (exact) mass is 520 g/mol. The number of hydrogen-bond donors (Lipinski definition) is 0. The normalized spacial score (nSPS) is 16.2. The number of allylic oxidation sites excluding steroid dienone is 2. The fourth-order valence-electron chi connectivity index (χ4n) is 2.43. The number of benzene rings is 2. The van der Waals surface area contributed by atoms with Gasteiger partial charge in [-0.1, -0.05) is 75.4 Å². The maximum absolute atomic E-state index is 3.54. The van der Waals surface area contributed by atoms with Gasteiger partial charge in [0.2, 0.25) is 0 Å². The molecule has 1 saturated carbocycles. The average Bonchev–Trinajstić information content (AvgIpc) is 2.91. The van der Waals surface area contributed by atoms with Gasteiger partial charge >= 0.3 is 26.2 Å². The molecule has 0 heterocycles. The Morgan fingerprint density at radius 3 is 1.29 bits per heavy atom. The maximum atomic E-state index is 3.54. The predicted octanol–water partition coefficient (Wildman–Crippen LogP) is 7.15. The van der Waals surface area contributed by atoms with Gasteiger partial charge in [-0.05, 0) is 8.95 Å². The summed E-state index contributed by atoms with van der Waals surface area (Å²) in [4.78, 5) is 0. The fraction of sp³-hybridized carbons (Fsp3) is 0.143. The minimum Gasteiger partial charge on any atom is -0.358 e. The molecule has 0 unspecified atom stereocenters. The van der Waals surface area contributed by atoms with E-state index in [2.05, 4.69) is 92.5 Å². The number of rotatable bonds is 2. The molecule has 2 aromatic carbocycles. The molecular formula is C21H20Br2Zr. The minimum absolute atomic E-state index is 0. The van der Waals surface area contributed by atoms with E-state index in [0.717, 1.165) is 32.9 Å². The summed E-state index contributed by atoms with van der Waals surface area (Å²) in [6.07, 6.45) is 10.5. The molecule has 1 fully saturated rings. The summed E-state index contributed by atoms with van der Waals surface area (Å²) in [5.41, 5.74) is 4.84. The van der Waals surface area contributed by atoms with Crippen molar-refractivity contribution < 1.29 is 26.2 Å². The summed E-state index contributed by atoms with van der Waals surface area (Å²) in [6, 6.07) is 16.6. The van der Waals surface area contributed by atoms with E-state index in [4.69, 9.17) is 0 Å². The van der Waals surface area contributed by atoms with Crippen molar-refractivity contribution in [2.24, 2.45) is 0 Å². The van der Waals surface area contributed by atoms with Crippen molar-refractivity contribution in [3.05, 3.63) is 107 Å². The van der Waals surface area contributed by atoms with Crippen LogP contribution in [0, 0.1) is 27.0 Å². The SMILES string of the molecule is Brc1ccc([C-]=C2CCCC2=[C-]c2ccc(Br)cc2)cc1.[CH3-].[CH3-].[Zr+4]. The zero-order chi connectivity index (χ0) is 14.7. The minimum atomic E-state index is 0. The predicted molar refractivity (Wildman–Crippen MR) is 107 cm³/mol. The largest absolute Gasteiger partial charge is 4.00 e. The molecule has 24 heavy (non-hydrogen) atoms. The second-order valence-corrected chi connectivity index (χ2v) is 6.91. The Hall–Kier alpha value is -0.237. The molecule has 1 aliphatic rings. The second-order valence-electron chi connectivity index (χ2n) is 5.07. The molecule has 0 amide bonds. The maximum Gasteiger partial charge on any atom is 4.00 e. The first-order valence-corrected chi connectivity index (χ1v) is 8.56. The third kappa shape index (κ3) is 6.58. The van der Waals surface area contributed by atoms with Crippen molar-refractivity contribution >= 4 is 31.9 Å². The van der Waals surface area contributed by atoms with E-state index in [-0.39, 0.29) is 41.1 Å². The van der Waals surface area contributed by atoms with Crippen molar-refractivity contribution in [1.29, 1.82) is 0 Å². The third-order valence-electron chi connectivity index (χ3n) is 3.50. The molecule has 0 aliphatic heterocycles. The quantitative estimate of drug-likeness (QED) is 0.367. The molecule has 0 atom stereocenters. The van der Waals surface area contributed by atoms with Crippen LogP contribution in [0.1, 0.15) is 30.4 Å². The first kappa shape index (κ1) is 23.8. The Bertz CT molecular complexity index is 621. The van der Waals surface area contributed by atoms with E-state index in [1.165, 1.54) is 17.6 Å². The molecule has 1 aliphatic carbocycles. The van der Waals surface area contributed by atoms with Crippen LogP contribution in [0.2, 0.25) is 0 Å². The smallest absolute Gasteiger partial charge is 0.358 e. The summed E-state index contributed by atoms with van der Waals surface area (Å²) in [5.74, 6) is 0. The van der Waals surface area contributed by atoms with Gasteiger partial charge in [0.15, 0.2) is 0 Å². The van der Waals surface area contributed by atoms with Gasteiger partial charge in [0.05, 0.1) is 0 Å². The van der Waals surface area contributed by atoms with Crippen LogP contribution in [-0.2, 0) is 26.2 Å². The van der Waals surface area contributed by atoms with E-state index in [1.807, 2.05) is 0 Å². The van der Waals surface area contributed by atoms with Crippen molar-refractivity contribution in [2.45, 2.75) is 19.3 Å². The van der Waals surface area contributed by atoms with Gasteiger partial charge in [0, 0.05) is 0 Å². The molecular weight excluding hydrogens is 503 g/mol. The van der Waals surface area contributed by atoms with Crippen molar-refractivity contribution in [3.8, 4) is 0 Å². The van der Waals surface area contributed by atoms with Crippen molar-refractivity contribution in [3.63, 3.8) is 0 Å². The van der Waals surface area contributed by atoms with Gasteiger partial charge in [-0.25, -0.2) is 11.1 Å². The van der Waals surface area contributed by atoms with E-state index in [1.54, 1.807) is 0 Å². The van der Waals surface area contributed by atoms with Crippen LogP contribution in [-0.4, -0.2) is 0 Å². The van der Waals surface area contributed by atoms with Crippen LogP contribution >= 0.6 is 31.9 Å². The molecule has 0 nitrogen and oxygen atoms in total. The molecule has 0 aromatic heterocycles. The molecule has 0 saturated heterocycles. The van der Waals surface area contributed by atoms with Crippen LogP contribution in [0.25, 0.3) is 0 Å². The molecule has 122 valence electrons. The Kier molecular flexibility index (Phi) is 11.3. The van der Waals surface area contributed by atoms with Crippen LogP contribution in [0.3, 0.4) is 0 Å². The van der Waals surface area contributed by atoms with Gasteiger partial charge in [-0.2, -0.15) is 23.3 Å². The summed E-state index contributed by atoms with van der Waals surface area (Å²) in [6.45, 7) is 0. The molecule has 3 heteroatoms. The molecule has 0 bridgehead atoms. The standard InChI is InChI=1S/C19H14Br2.2CH3.Zr/c20-18-8-4-14(5-9-18)12-16-2-1-3-17(16)13-15-6-10-19(21)11-7-15;;;/h4-11H,1-3H2;2*1H3;/q-2;2*-1;+4. The van der Waals surface area contributed by atoms with Crippen LogP contribution in [0.4, 0.5) is 0 Å². The van der Waals surface area contributed by atoms with Crippen LogP contribution < -0.4 is 0 Å². The van der Waals surface area contributed by atoms with Crippen LogP contribution in [0.5, 0.6) is 0 Å². The average molecular weight is 523 g/mol. The van der Waals surface area contributed by atoms with Gasteiger partial charge in [0.25, 0.3) is 0 Å². The molecule has 3 rings (SSSR count). The summed E-state index contributed by atoms with van der Waals surface area (Å²) in [7, 11) is 0. The molecule has 0 radical (unpaired) electrons. The van der Waals surface area contributed by atoms with Gasteiger partial charge in [-0.15, -0.1) is 24.3 Å². The molecule has 0 N–H and O–H groups in total. The first-order chi connectivity index (χ1) is 10.2. The van der Waals surface area contributed by atoms with Gasteiger partial charge in [0.1, 0.15) is 0 Å². The third-order valence-corrected chi connectivity index (χ3v) is 4.55. The molecule has 0 spiro atoms. The summed E-state index contributed by atoms with van der Waals surface area (Å²) in [5, 5.41) is 0. The van der Waals surface area contributed by atoms with Gasteiger partial charge in [-0.3, -0.25) is 0 Å². The van der Waals surface area contributed by atoms with Crippen molar-refractivity contribution in [1.82, 2.24) is 0 Å². The number of halogens is 2.